The van der Waals surface area contributed by atoms with Crippen molar-refractivity contribution in [1.29, 1.82) is 0 Å². The number of hydrogen-bond donors (Lipinski definition) is 1. The Morgan fingerprint density at radius 3 is 2.11 bits per heavy atom. The third-order valence-corrected chi connectivity index (χ3v) is 7.61. The fourth-order valence-corrected chi connectivity index (χ4v) is 5.10. The Bertz CT molecular complexity index is 1320. The highest BCUT2D eigenvalue weighted by molar-refractivity contribution is 7.92. The zero-order valence-electron chi connectivity index (χ0n) is 21.9. The Kier molecular flexibility index (Phi) is 10.3. The normalized spacial score (nSPS) is 12.8. The van der Waals surface area contributed by atoms with Crippen molar-refractivity contribution >= 4 is 39.1 Å². The second-order valence-electron chi connectivity index (χ2n) is 9.28. The topological polar surface area (TPSA) is 86.8 Å². The van der Waals surface area contributed by atoms with Crippen LogP contribution < -0.4 is 9.62 Å². The number of carbonyl (C=O) groups is 2. The van der Waals surface area contributed by atoms with Crippen molar-refractivity contribution in [3.8, 4) is 0 Å². The predicted molar refractivity (Wildman–Crippen MR) is 152 cm³/mol. The van der Waals surface area contributed by atoms with Crippen molar-refractivity contribution in [2.45, 2.75) is 45.3 Å². The van der Waals surface area contributed by atoms with Crippen LogP contribution in [0.2, 0.25) is 5.02 Å². The second-order valence-corrected chi connectivity index (χ2v) is 11.6. The summed E-state index contributed by atoms with van der Waals surface area (Å²) in [4.78, 5) is 29.0. The molecule has 2 amide bonds. The molecule has 0 heterocycles. The van der Waals surface area contributed by atoms with Crippen LogP contribution in [0.25, 0.3) is 0 Å². The molecular weight excluding hydrogens is 522 g/mol. The Labute approximate surface area is 230 Å². The highest BCUT2D eigenvalue weighted by atomic mass is 35.5. The lowest BCUT2D eigenvalue weighted by Gasteiger charge is -2.34. The van der Waals surface area contributed by atoms with E-state index in [4.69, 9.17) is 11.6 Å². The number of nitrogens with one attached hydrogen (secondary N) is 1. The van der Waals surface area contributed by atoms with E-state index in [1.807, 2.05) is 50.2 Å². The number of nitrogens with zero attached hydrogens (tertiary/aromatic N) is 2. The van der Waals surface area contributed by atoms with Crippen LogP contribution >= 0.6 is 11.6 Å². The molecule has 0 fully saturated rings. The molecule has 202 valence electrons. The minimum atomic E-state index is -3.79. The van der Waals surface area contributed by atoms with E-state index in [0.717, 1.165) is 28.1 Å². The van der Waals surface area contributed by atoms with Crippen LogP contribution in [0, 0.1) is 0 Å². The quantitative estimate of drug-likeness (QED) is 0.352. The smallest absolute Gasteiger partial charge is 0.244 e. The Morgan fingerprint density at radius 1 is 0.921 bits per heavy atom. The van der Waals surface area contributed by atoms with Gasteiger partial charge in [-0.2, -0.15) is 0 Å². The zero-order valence-corrected chi connectivity index (χ0v) is 23.5. The van der Waals surface area contributed by atoms with Gasteiger partial charge in [-0.05, 0) is 48.7 Å². The fraction of sp³-hybridized carbons (Fsp3) is 0.310. The lowest BCUT2D eigenvalue weighted by molar-refractivity contribution is -0.140. The van der Waals surface area contributed by atoms with Crippen LogP contribution in [0.4, 0.5) is 5.69 Å². The summed E-state index contributed by atoms with van der Waals surface area (Å²) >= 11 is 6.22. The van der Waals surface area contributed by atoms with Gasteiger partial charge in [0, 0.05) is 24.0 Å². The summed E-state index contributed by atoms with van der Waals surface area (Å²) in [6.45, 7) is 3.50. The summed E-state index contributed by atoms with van der Waals surface area (Å²) in [6, 6.07) is 24.0. The minimum Gasteiger partial charge on any atom is -0.352 e. The highest BCUT2D eigenvalue weighted by Gasteiger charge is 2.33. The van der Waals surface area contributed by atoms with E-state index >= 15 is 0 Å². The maximum atomic E-state index is 14.0. The third-order valence-electron chi connectivity index (χ3n) is 6.24. The summed E-state index contributed by atoms with van der Waals surface area (Å²) in [5.41, 5.74) is 1.98. The molecule has 38 heavy (non-hydrogen) atoms. The van der Waals surface area contributed by atoms with Crippen molar-refractivity contribution in [3.05, 3.63) is 101 Å². The van der Waals surface area contributed by atoms with E-state index in [0.29, 0.717) is 10.7 Å². The number of halogens is 1. The van der Waals surface area contributed by atoms with Crippen molar-refractivity contribution in [2.75, 3.05) is 17.1 Å². The average molecular weight is 556 g/mol. The molecule has 0 aromatic heterocycles. The summed E-state index contributed by atoms with van der Waals surface area (Å²) in [5.74, 6) is -0.802. The van der Waals surface area contributed by atoms with Crippen molar-refractivity contribution in [3.63, 3.8) is 0 Å². The van der Waals surface area contributed by atoms with Gasteiger partial charge in [-0.3, -0.25) is 13.9 Å². The van der Waals surface area contributed by atoms with Gasteiger partial charge in [-0.25, -0.2) is 8.42 Å². The molecule has 0 aliphatic rings. The Hall–Kier alpha value is -3.36. The number of sulfonamides is 1. The largest absolute Gasteiger partial charge is 0.352 e. The summed E-state index contributed by atoms with van der Waals surface area (Å²) in [7, 11) is -3.79. The third kappa shape index (κ3) is 8.33. The Balaban J connectivity index is 2.04. The van der Waals surface area contributed by atoms with Gasteiger partial charge in [-0.15, -0.1) is 0 Å². The maximum Gasteiger partial charge on any atom is 0.244 e. The zero-order chi connectivity index (χ0) is 27.7. The maximum absolute atomic E-state index is 14.0. The molecule has 0 aliphatic carbocycles. The standard InChI is InChI=1S/C29H34ClN3O4S/c1-4-22(2)31-29(35)27(19-23-12-7-5-8-13-23)32(20-24-14-11-15-25(30)18-24)28(34)21-33(38(3,36)37)26-16-9-6-10-17-26/h5-18,22,27H,4,19-21H2,1-3H3,(H,31,35)/t22-,27-/m1/s1. The van der Waals surface area contributed by atoms with Crippen molar-refractivity contribution < 1.29 is 18.0 Å². The monoisotopic (exact) mass is 555 g/mol. The number of benzene rings is 3. The molecule has 0 saturated heterocycles. The molecule has 0 aliphatic heterocycles. The molecule has 7 nitrogen and oxygen atoms in total. The van der Waals surface area contributed by atoms with Gasteiger partial charge in [0.1, 0.15) is 12.6 Å². The van der Waals surface area contributed by atoms with Gasteiger partial charge >= 0.3 is 0 Å². The molecule has 0 spiro atoms. The van der Waals surface area contributed by atoms with Crippen LogP contribution in [-0.4, -0.2) is 50.0 Å². The fourth-order valence-electron chi connectivity index (χ4n) is 4.04. The lowest BCUT2D eigenvalue weighted by atomic mass is 10.0. The molecule has 0 unspecified atom stereocenters. The van der Waals surface area contributed by atoms with Crippen LogP contribution in [-0.2, 0) is 32.6 Å². The van der Waals surface area contributed by atoms with Crippen LogP contribution in [0.5, 0.6) is 0 Å². The minimum absolute atomic E-state index is 0.0806. The predicted octanol–water partition coefficient (Wildman–Crippen LogP) is 4.66. The molecular formula is C29H34ClN3O4S. The lowest BCUT2D eigenvalue weighted by Crippen LogP contribution is -2.54. The first kappa shape index (κ1) is 29.2. The molecule has 0 saturated carbocycles. The van der Waals surface area contributed by atoms with Gasteiger partial charge in [0.05, 0.1) is 11.9 Å². The van der Waals surface area contributed by atoms with E-state index < -0.39 is 28.5 Å². The number of anilines is 1. The van der Waals surface area contributed by atoms with E-state index in [2.05, 4.69) is 5.32 Å². The molecule has 3 rings (SSSR count). The Morgan fingerprint density at radius 2 is 1.53 bits per heavy atom. The molecule has 1 N–H and O–H groups in total. The summed E-state index contributed by atoms with van der Waals surface area (Å²) in [5, 5.41) is 3.51. The molecule has 0 bridgehead atoms. The van der Waals surface area contributed by atoms with E-state index in [9.17, 15) is 18.0 Å². The molecule has 0 radical (unpaired) electrons. The SMILES string of the molecule is CC[C@@H](C)NC(=O)[C@@H](Cc1ccccc1)N(Cc1cccc(Cl)c1)C(=O)CN(c1ccccc1)S(C)(=O)=O. The summed E-state index contributed by atoms with van der Waals surface area (Å²) in [6.07, 6.45) is 2.05. The van der Waals surface area contributed by atoms with Gasteiger partial charge in [0.15, 0.2) is 0 Å². The van der Waals surface area contributed by atoms with Crippen LogP contribution in [0.1, 0.15) is 31.4 Å². The number of carbonyl (C=O) groups excluding carboxylic acids is 2. The molecule has 3 aromatic rings. The van der Waals surface area contributed by atoms with E-state index in [-0.39, 0.29) is 24.9 Å². The first-order valence-corrected chi connectivity index (χ1v) is 14.7. The molecule has 9 heteroatoms. The number of hydrogen-bond acceptors (Lipinski definition) is 4. The highest BCUT2D eigenvalue weighted by Crippen LogP contribution is 2.21. The van der Waals surface area contributed by atoms with E-state index in [1.165, 1.54) is 4.90 Å². The molecule has 3 aromatic carbocycles. The first-order chi connectivity index (χ1) is 18.1. The van der Waals surface area contributed by atoms with Gasteiger partial charge in [0.25, 0.3) is 0 Å². The van der Waals surface area contributed by atoms with Gasteiger partial charge in [0.2, 0.25) is 21.8 Å². The number of rotatable bonds is 12. The van der Waals surface area contributed by atoms with Gasteiger partial charge in [-0.1, -0.05) is 79.2 Å². The van der Waals surface area contributed by atoms with Crippen molar-refractivity contribution in [1.82, 2.24) is 10.2 Å². The van der Waals surface area contributed by atoms with Gasteiger partial charge < -0.3 is 10.2 Å². The second kappa shape index (κ2) is 13.4. The van der Waals surface area contributed by atoms with E-state index in [1.54, 1.807) is 48.5 Å². The number of para-hydroxylation sites is 1. The average Bonchev–Trinajstić information content (AvgIpc) is 2.89. The first-order valence-electron chi connectivity index (χ1n) is 12.5. The van der Waals surface area contributed by atoms with Crippen LogP contribution in [0.3, 0.4) is 0 Å². The summed E-state index contributed by atoms with van der Waals surface area (Å²) < 4.78 is 26.5. The molecule has 2 atom stereocenters. The van der Waals surface area contributed by atoms with Crippen LogP contribution in [0.15, 0.2) is 84.9 Å². The van der Waals surface area contributed by atoms with Crippen molar-refractivity contribution in [2.24, 2.45) is 0 Å². The number of amides is 2.